The zero-order valence-corrected chi connectivity index (χ0v) is 15.8. The molecule has 0 spiro atoms. The van der Waals surface area contributed by atoms with Gasteiger partial charge in [-0.05, 0) is 24.3 Å². The van der Waals surface area contributed by atoms with Crippen LogP contribution in [0.1, 0.15) is 16.1 Å². The van der Waals surface area contributed by atoms with Crippen molar-refractivity contribution in [1.29, 1.82) is 0 Å². The van der Waals surface area contributed by atoms with Crippen molar-refractivity contribution in [3.05, 3.63) is 78.1 Å². The normalized spacial score (nSPS) is 14.0. The molecule has 0 unspecified atom stereocenters. The van der Waals surface area contributed by atoms with E-state index in [2.05, 4.69) is 20.3 Å². The summed E-state index contributed by atoms with van der Waals surface area (Å²) in [7, 11) is 0. The second-order valence-corrected chi connectivity index (χ2v) is 6.70. The van der Waals surface area contributed by atoms with Gasteiger partial charge in [-0.25, -0.2) is 14.4 Å². The number of para-hydroxylation sites is 1. The zero-order chi connectivity index (χ0) is 20.1. The van der Waals surface area contributed by atoms with E-state index in [1.807, 2.05) is 34.1 Å². The van der Waals surface area contributed by atoms with Crippen LogP contribution in [0.4, 0.5) is 16.0 Å². The molecule has 29 heavy (non-hydrogen) atoms. The van der Waals surface area contributed by atoms with Crippen molar-refractivity contribution in [2.24, 2.45) is 0 Å². The van der Waals surface area contributed by atoms with Crippen LogP contribution < -0.4 is 15.1 Å². The molecule has 3 heterocycles. The van der Waals surface area contributed by atoms with Gasteiger partial charge in [0.05, 0.1) is 23.5 Å². The molecule has 8 heteroatoms. The number of carbonyl (C=O) groups is 1. The summed E-state index contributed by atoms with van der Waals surface area (Å²) in [5.41, 5.74) is 1.80. The molecule has 3 aromatic rings. The Balaban J connectivity index is 1.32. The highest BCUT2D eigenvalue weighted by atomic mass is 19.1. The minimum atomic E-state index is -0.244. The predicted molar refractivity (Wildman–Crippen MR) is 108 cm³/mol. The lowest BCUT2D eigenvalue weighted by atomic mass is 10.2. The van der Waals surface area contributed by atoms with Crippen LogP contribution in [0.15, 0.2) is 61.1 Å². The highest BCUT2D eigenvalue weighted by Crippen LogP contribution is 2.21. The molecule has 1 N–H and O–H groups in total. The van der Waals surface area contributed by atoms with Crippen LogP contribution >= 0.6 is 0 Å². The Labute approximate surface area is 168 Å². The first kappa shape index (κ1) is 18.8. The number of rotatable bonds is 5. The highest BCUT2D eigenvalue weighted by molar-refractivity contribution is 5.93. The van der Waals surface area contributed by atoms with E-state index in [9.17, 15) is 9.18 Å². The smallest absolute Gasteiger partial charge is 0.254 e. The van der Waals surface area contributed by atoms with Crippen molar-refractivity contribution in [3.8, 4) is 0 Å². The van der Waals surface area contributed by atoms with Gasteiger partial charge in [0, 0.05) is 44.8 Å². The third-order valence-electron chi connectivity index (χ3n) is 4.81. The number of hydrogen-bond donors (Lipinski definition) is 1. The second-order valence-electron chi connectivity index (χ2n) is 6.70. The first-order chi connectivity index (χ1) is 14.2. The molecule has 2 aromatic heterocycles. The number of pyridine rings is 1. The number of hydrogen-bond acceptors (Lipinski definition) is 6. The van der Waals surface area contributed by atoms with Gasteiger partial charge in [0.1, 0.15) is 5.82 Å². The van der Waals surface area contributed by atoms with Crippen LogP contribution in [-0.2, 0) is 6.54 Å². The summed E-state index contributed by atoms with van der Waals surface area (Å²) in [4.78, 5) is 29.2. The van der Waals surface area contributed by atoms with E-state index in [1.54, 1.807) is 18.3 Å². The first-order valence-corrected chi connectivity index (χ1v) is 9.45. The van der Waals surface area contributed by atoms with Crippen molar-refractivity contribution in [1.82, 2.24) is 20.3 Å². The van der Waals surface area contributed by atoms with E-state index in [-0.39, 0.29) is 11.7 Å². The van der Waals surface area contributed by atoms with Gasteiger partial charge in [0.15, 0.2) is 0 Å². The first-order valence-electron chi connectivity index (χ1n) is 9.45. The zero-order valence-electron chi connectivity index (χ0n) is 15.8. The highest BCUT2D eigenvalue weighted by Gasteiger charge is 2.21. The number of anilines is 2. The van der Waals surface area contributed by atoms with E-state index in [4.69, 9.17) is 0 Å². The third kappa shape index (κ3) is 4.48. The Kier molecular flexibility index (Phi) is 5.60. The van der Waals surface area contributed by atoms with Gasteiger partial charge < -0.3 is 15.1 Å². The van der Waals surface area contributed by atoms with Crippen LogP contribution in [-0.4, -0.2) is 47.0 Å². The number of nitrogens with zero attached hydrogens (tertiary/aromatic N) is 5. The van der Waals surface area contributed by atoms with Gasteiger partial charge in [0.25, 0.3) is 5.91 Å². The fourth-order valence-electron chi connectivity index (χ4n) is 3.23. The predicted octanol–water partition coefficient (Wildman–Crippen LogP) is 2.27. The quantitative estimate of drug-likeness (QED) is 0.718. The van der Waals surface area contributed by atoms with Crippen molar-refractivity contribution >= 4 is 17.5 Å². The van der Waals surface area contributed by atoms with Gasteiger partial charge in [-0.3, -0.25) is 9.78 Å². The molecular weight excluding hydrogens is 371 g/mol. The summed E-state index contributed by atoms with van der Waals surface area (Å²) in [6, 6.07) is 12.3. The maximum atomic E-state index is 14.0. The van der Waals surface area contributed by atoms with Gasteiger partial charge in [-0.2, -0.15) is 0 Å². The molecule has 7 nitrogen and oxygen atoms in total. The number of halogens is 1. The molecule has 0 atom stereocenters. The molecule has 1 amide bonds. The molecule has 1 aromatic carbocycles. The SMILES string of the molecule is O=C(NCc1ccccn1)c1cnc(N2CCN(c3ccccc3F)CC2)nc1. The summed E-state index contributed by atoms with van der Waals surface area (Å²) in [5.74, 6) is 0.115. The molecule has 148 valence electrons. The van der Waals surface area contributed by atoms with Crippen molar-refractivity contribution in [3.63, 3.8) is 0 Å². The lowest BCUT2D eigenvalue weighted by Gasteiger charge is -2.36. The Hall–Kier alpha value is -3.55. The fourth-order valence-corrected chi connectivity index (χ4v) is 3.23. The Morgan fingerprint density at radius 2 is 1.62 bits per heavy atom. The number of amides is 1. The van der Waals surface area contributed by atoms with Crippen molar-refractivity contribution in [2.45, 2.75) is 6.54 Å². The number of aromatic nitrogens is 3. The molecule has 0 bridgehead atoms. The van der Waals surface area contributed by atoms with Gasteiger partial charge >= 0.3 is 0 Å². The van der Waals surface area contributed by atoms with Crippen molar-refractivity contribution in [2.75, 3.05) is 36.0 Å². The van der Waals surface area contributed by atoms with E-state index in [0.717, 1.165) is 5.69 Å². The summed E-state index contributed by atoms with van der Waals surface area (Å²) in [5, 5.41) is 2.81. The van der Waals surface area contributed by atoms with E-state index < -0.39 is 0 Å². The molecule has 0 saturated carbocycles. The standard InChI is InChI=1S/C21H21FN6O/c22-18-6-1-2-7-19(18)27-9-11-28(12-10-27)21-25-13-16(14-26-21)20(29)24-15-17-5-3-4-8-23-17/h1-8,13-14H,9-12,15H2,(H,24,29). The van der Waals surface area contributed by atoms with Crippen LogP contribution in [0.3, 0.4) is 0 Å². The van der Waals surface area contributed by atoms with E-state index in [0.29, 0.717) is 49.9 Å². The lowest BCUT2D eigenvalue weighted by Crippen LogP contribution is -2.47. The topological polar surface area (TPSA) is 74.2 Å². The largest absolute Gasteiger partial charge is 0.366 e. The number of carbonyl (C=O) groups excluding carboxylic acids is 1. The van der Waals surface area contributed by atoms with Crippen LogP contribution in [0.2, 0.25) is 0 Å². The van der Waals surface area contributed by atoms with E-state index in [1.165, 1.54) is 18.5 Å². The average Bonchev–Trinajstić information content (AvgIpc) is 2.79. The molecule has 1 aliphatic heterocycles. The van der Waals surface area contributed by atoms with Gasteiger partial charge in [-0.1, -0.05) is 18.2 Å². The number of piperazine rings is 1. The monoisotopic (exact) mass is 392 g/mol. The molecule has 1 fully saturated rings. The molecule has 4 rings (SSSR count). The minimum absolute atomic E-state index is 0.210. The maximum Gasteiger partial charge on any atom is 0.254 e. The Bertz CT molecular complexity index is 958. The van der Waals surface area contributed by atoms with Crippen LogP contribution in [0.25, 0.3) is 0 Å². The lowest BCUT2D eigenvalue weighted by molar-refractivity contribution is 0.0949. The van der Waals surface area contributed by atoms with E-state index >= 15 is 0 Å². The Morgan fingerprint density at radius 1 is 0.931 bits per heavy atom. The second kappa shape index (κ2) is 8.64. The van der Waals surface area contributed by atoms with Crippen molar-refractivity contribution < 1.29 is 9.18 Å². The molecule has 0 aliphatic carbocycles. The summed E-state index contributed by atoms with van der Waals surface area (Å²) < 4.78 is 14.0. The number of nitrogens with one attached hydrogen (secondary N) is 1. The van der Waals surface area contributed by atoms with Crippen LogP contribution in [0, 0.1) is 5.82 Å². The minimum Gasteiger partial charge on any atom is -0.366 e. The summed E-state index contributed by atoms with van der Waals surface area (Å²) >= 11 is 0. The number of benzene rings is 1. The molecule has 0 radical (unpaired) electrons. The third-order valence-corrected chi connectivity index (χ3v) is 4.81. The average molecular weight is 392 g/mol. The van der Waals surface area contributed by atoms with Gasteiger partial charge in [-0.15, -0.1) is 0 Å². The molecule has 1 saturated heterocycles. The van der Waals surface area contributed by atoms with Crippen LogP contribution in [0.5, 0.6) is 0 Å². The Morgan fingerprint density at radius 3 is 2.31 bits per heavy atom. The van der Waals surface area contributed by atoms with Gasteiger partial charge in [0.2, 0.25) is 5.95 Å². The molecule has 1 aliphatic rings. The maximum absolute atomic E-state index is 14.0. The summed E-state index contributed by atoms with van der Waals surface area (Å²) in [6.45, 7) is 3.06. The summed E-state index contributed by atoms with van der Waals surface area (Å²) in [6.07, 6.45) is 4.74. The fraction of sp³-hybridized carbons (Fsp3) is 0.238. The molecular formula is C21H21FN6O.